The molecule has 0 aliphatic heterocycles. The van der Waals surface area contributed by atoms with Crippen molar-refractivity contribution in [2.45, 2.75) is 46.1 Å². The first-order chi connectivity index (χ1) is 8.02. The molecule has 2 heteroatoms. The Balaban J connectivity index is 2.52. The Morgan fingerprint density at radius 1 is 1.12 bits per heavy atom. The lowest BCUT2D eigenvalue weighted by atomic mass is 10.0. The van der Waals surface area contributed by atoms with Crippen molar-refractivity contribution in [2.75, 3.05) is 6.61 Å². The standard InChI is InChI=1S/C15H25NO/c1-11(2)13-7-5-6-8-15(13)17-10-9-14(16)12(3)4/h5-8,11-12,14H,9-10,16H2,1-4H3. The molecule has 0 saturated heterocycles. The third-order valence-corrected chi connectivity index (χ3v) is 3.11. The molecule has 1 aromatic rings. The summed E-state index contributed by atoms with van der Waals surface area (Å²) in [5.41, 5.74) is 7.27. The molecule has 96 valence electrons. The highest BCUT2D eigenvalue weighted by Gasteiger charge is 2.09. The fourth-order valence-electron chi connectivity index (χ4n) is 1.73. The molecule has 0 aliphatic carbocycles. The van der Waals surface area contributed by atoms with Crippen LogP contribution in [0.25, 0.3) is 0 Å². The topological polar surface area (TPSA) is 35.2 Å². The summed E-state index contributed by atoms with van der Waals surface area (Å²) in [6, 6.07) is 8.46. The zero-order valence-corrected chi connectivity index (χ0v) is 11.4. The molecule has 0 amide bonds. The van der Waals surface area contributed by atoms with E-state index in [1.807, 2.05) is 12.1 Å². The van der Waals surface area contributed by atoms with Crippen LogP contribution in [-0.4, -0.2) is 12.6 Å². The molecule has 17 heavy (non-hydrogen) atoms. The SMILES string of the molecule is CC(C)c1ccccc1OCCC(N)C(C)C. The summed E-state index contributed by atoms with van der Waals surface area (Å²) in [6.07, 6.45) is 0.907. The lowest BCUT2D eigenvalue weighted by Crippen LogP contribution is -2.28. The van der Waals surface area contributed by atoms with Crippen LogP contribution in [-0.2, 0) is 0 Å². The van der Waals surface area contributed by atoms with Gasteiger partial charge in [0.15, 0.2) is 0 Å². The highest BCUT2D eigenvalue weighted by atomic mass is 16.5. The van der Waals surface area contributed by atoms with Crippen LogP contribution in [0.5, 0.6) is 5.75 Å². The molecule has 1 atom stereocenters. The molecule has 1 aromatic carbocycles. The molecule has 2 N–H and O–H groups in total. The molecule has 0 fully saturated rings. The van der Waals surface area contributed by atoms with Gasteiger partial charge >= 0.3 is 0 Å². The zero-order valence-electron chi connectivity index (χ0n) is 11.4. The normalized spacial score (nSPS) is 13.1. The van der Waals surface area contributed by atoms with Gasteiger partial charge in [-0.3, -0.25) is 0 Å². The van der Waals surface area contributed by atoms with E-state index in [0.29, 0.717) is 18.4 Å². The molecule has 0 aromatic heterocycles. The number of hydrogen-bond acceptors (Lipinski definition) is 2. The largest absolute Gasteiger partial charge is 0.493 e. The minimum Gasteiger partial charge on any atom is -0.493 e. The average molecular weight is 235 g/mol. The number of rotatable bonds is 6. The molecule has 0 saturated carbocycles. The molecular weight excluding hydrogens is 210 g/mol. The maximum absolute atomic E-state index is 6.00. The van der Waals surface area contributed by atoms with Crippen molar-refractivity contribution in [1.29, 1.82) is 0 Å². The number of nitrogens with two attached hydrogens (primary N) is 1. The average Bonchev–Trinajstić information content (AvgIpc) is 2.29. The molecule has 0 bridgehead atoms. The summed E-state index contributed by atoms with van der Waals surface area (Å²) in [6.45, 7) is 9.35. The predicted octanol–water partition coefficient (Wildman–Crippen LogP) is 3.56. The van der Waals surface area contributed by atoms with Crippen LogP contribution >= 0.6 is 0 Å². The van der Waals surface area contributed by atoms with Gasteiger partial charge in [-0.25, -0.2) is 0 Å². The van der Waals surface area contributed by atoms with Crippen LogP contribution in [0.4, 0.5) is 0 Å². The van der Waals surface area contributed by atoms with E-state index in [-0.39, 0.29) is 6.04 Å². The second kappa shape index (κ2) is 6.65. The molecule has 0 aliphatic rings. The fraction of sp³-hybridized carbons (Fsp3) is 0.600. The molecule has 1 unspecified atom stereocenters. The van der Waals surface area contributed by atoms with E-state index < -0.39 is 0 Å². The van der Waals surface area contributed by atoms with Gasteiger partial charge in [0.05, 0.1) is 6.61 Å². The van der Waals surface area contributed by atoms with Crippen molar-refractivity contribution in [2.24, 2.45) is 11.7 Å². The van der Waals surface area contributed by atoms with E-state index in [4.69, 9.17) is 10.5 Å². The number of ether oxygens (including phenoxy) is 1. The minimum absolute atomic E-state index is 0.223. The van der Waals surface area contributed by atoms with Crippen LogP contribution in [0.1, 0.15) is 45.6 Å². The molecule has 2 nitrogen and oxygen atoms in total. The van der Waals surface area contributed by atoms with Crippen molar-refractivity contribution < 1.29 is 4.74 Å². The van der Waals surface area contributed by atoms with Gasteiger partial charge < -0.3 is 10.5 Å². The van der Waals surface area contributed by atoms with Crippen LogP contribution in [0.2, 0.25) is 0 Å². The van der Waals surface area contributed by atoms with Gasteiger partial charge in [0, 0.05) is 6.04 Å². The lowest BCUT2D eigenvalue weighted by molar-refractivity contribution is 0.279. The van der Waals surface area contributed by atoms with E-state index in [0.717, 1.165) is 12.2 Å². The van der Waals surface area contributed by atoms with E-state index in [1.165, 1.54) is 5.56 Å². The number of benzene rings is 1. The first-order valence-electron chi connectivity index (χ1n) is 6.49. The Morgan fingerprint density at radius 3 is 2.35 bits per heavy atom. The molecule has 0 radical (unpaired) electrons. The van der Waals surface area contributed by atoms with Crippen molar-refractivity contribution >= 4 is 0 Å². The summed E-state index contributed by atoms with van der Waals surface area (Å²) < 4.78 is 5.84. The van der Waals surface area contributed by atoms with Gasteiger partial charge in [-0.15, -0.1) is 0 Å². The van der Waals surface area contributed by atoms with Gasteiger partial charge in [-0.2, -0.15) is 0 Å². The van der Waals surface area contributed by atoms with E-state index in [1.54, 1.807) is 0 Å². The lowest BCUT2D eigenvalue weighted by Gasteiger charge is -2.17. The van der Waals surface area contributed by atoms with Crippen LogP contribution < -0.4 is 10.5 Å². The Kier molecular flexibility index (Phi) is 5.49. The van der Waals surface area contributed by atoms with E-state index in [2.05, 4.69) is 39.8 Å². The summed E-state index contributed by atoms with van der Waals surface area (Å²) in [5.74, 6) is 2.00. The van der Waals surface area contributed by atoms with E-state index >= 15 is 0 Å². The fourth-order valence-corrected chi connectivity index (χ4v) is 1.73. The molecular formula is C15H25NO. The quantitative estimate of drug-likeness (QED) is 0.818. The number of para-hydroxylation sites is 1. The second-order valence-corrected chi connectivity index (χ2v) is 5.24. The van der Waals surface area contributed by atoms with Gasteiger partial charge in [-0.1, -0.05) is 45.9 Å². The number of hydrogen-bond donors (Lipinski definition) is 1. The van der Waals surface area contributed by atoms with Crippen molar-refractivity contribution in [3.05, 3.63) is 29.8 Å². The van der Waals surface area contributed by atoms with Gasteiger partial charge in [0.1, 0.15) is 5.75 Å². The summed E-state index contributed by atoms with van der Waals surface area (Å²) in [4.78, 5) is 0. The van der Waals surface area contributed by atoms with Crippen molar-refractivity contribution in [3.8, 4) is 5.75 Å². The summed E-state index contributed by atoms with van der Waals surface area (Å²) in [5, 5.41) is 0. The van der Waals surface area contributed by atoms with Crippen molar-refractivity contribution in [3.63, 3.8) is 0 Å². The first-order valence-corrected chi connectivity index (χ1v) is 6.49. The Hall–Kier alpha value is -1.02. The third kappa shape index (κ3) is 4.39. The predicted molar refractivity (Wildman–Crippen MR) is 73.5 cm³/mol. The minimum atomic E-state index is 0.223. The molecule has 1 rings (SSSR count). The van der Waals surface area contributed by atoms with Gasteiger partial charge in [0.2, 0.25) is 0 Å². The smallest absolute Gasteiger partial charge is 0.122 e. The maximum atomic E-state index is 6.00. The van der Waals surface area contributed by atoms with Crippen LogP contribution in [0.3, 0.4) is 0 Å². The Bertz CT molecular complexity index is 333. The third-order valence-electron chi connectivity index (χ3n) is 3.11. The van der Waals surface area contributed by atoms with Crippen LogP contribution in [0, 0.1) is 5.92 Å². The van der Waals surface area contributed by atoms with Gasteiger partial charge in [0.25, 0.3) is 0 Å². The monoisotopic (exact) mass is 235 g/mol. The molecule has 0 heterocycles. The summed E-state index contributed by atoms with van der Waals surface area (Å²) in [7, 11) is 0. The van der Waals surface area contributed by atoms with Crippen LogP contribution in [0.15, 0.2) is 24.3 Å². The highest BCUT2D eigenvalue weighted by molar-refractivity contribution is 5.35. The highest BCUT2D eigenvalue weighted by Crippen LogP contribution is 2.25. The Morgan fingerprint density at radius 2 is 1.76 bits per heavy atom. The van der Waals surface area contributed by atoms with E-state index in [9.17, 15) is 0 Å². The van der Waals surface area contributed by atoms with Gasteiger partial charge in [-0.05, 0) is 29.9 Å². The first kappa shape index (κ1) is 14.0. The maximum Gasteiger partial charge on any atom is 0.122 e. The Labute approximate surface area is 105 Å². The molecule has 0 spiro atoms. The summed E-state index contributed by atoms with van der Waals surface area (Å²) >= 11 is 0. The second-order valence-electron chi connectivity index (χ2n) is 5.24. The van der Waals surface area contributed by atoms with Crippen molar-refractivity contribution in [1.82, 2.24) is 0 Å². The zero-order chi connectivity index (χ0) is 12.8.